The van der Waals surface area contributed by atoms with E-state index in [4.69, 9.17) is 14.3 Å². The number of carboxylic acid groups (broad SMARTS) is 1. The number of carbonyl (C=O) groups is 1. The molecular formula is C25H20F3NO4. The highest BCUT2D eigenvalue weighted by Gasteiger charge is 2.28. The smallest absolute Gasteiger partial charge is 0.394 e. The van der Waals surface area contributed by atoms with Gasteiger partial charge in [-0.25, -0.2) is 0 Å². The normalized spacial score (nSPS) is 11.6. The highest BCUT2D eigenvalue weighted by molar-refractivity contribution is 5.93. The fourth-order valence-electron chi connectivity index (χ4n) is 3.70. The first-order valence-electron chi connectivity index (χ1n) is 10.2. The van der Waals surface area contributed by atoms with Gasteiger partial charge < -0.3 is 14.3 Å². The maximum absolute atomic E-state index is 12.9. The molecule has 5 nitrogen and oxygen atoms in total. The lowest BCUT2D eigenvalue weighted by Crippen LogP contribution is -2.12. The number of para-hydroxylation sites is 1. The van der Waals surface area contributed by atoms with Crippen molar-refractivity contribution in [1.29, 1.82) is 0 Å². The molecule has 170 valence electrons. The lowest BCUT2D eigenvalue weighted by Gasteiger charge is -2.12. The van der Waals surface area contributed by atoms with E-state index in [2.05, 4.69) is 4.98 Å². The third-order valence-electron chi connectivity index (χ3n) is 5.02. The summed E-state index contributed by atoms with van der Waals surface area (Å²) in [5.74, 6) is 0.165. The zero-order chi connectivity index (χ0) is 23.6. The molecule has 2 heterocycles. The molecule has 0 spiro atoms. The lowest BCUT2D eigenvalue weighted by atomic mass is 10.00. The molecular weight excluding hydrogens is 435 g/mol. The van der Waals surface area contributed by atoms with Crippen LogP contribution in [0.2, 0.25) is 0 Å². The molecule has 0 radical (unpaired) electrons. The summed E-state index contributed by atoms with van der Waals surface area (Å²) in [6.07, 6.45) is -4.30. The summed E-state index contributed by atoms with van der Waals surface area (Å²) in [7, 11) is 0. The van der Waals surface area contributed by atoms with Crippen LogP contribution in [0.15, 0.2) is 65.2 Å². The molecule has 2 aromatic heterocycles. The fraction of sp³-hybridized carbons (Fsp3) is 0.200. The van der Waals surface area contributed by atoms with Crippen molar-refractivity contribution in [3.05, 3.63) is 83.4 Å². The van der Waals surface area contributed by atoms with Crippen molar-refractivity contribution in [2.75, 3.05) is 0 Å². The zero-order valence-electron chi connectivity index (χ0n) is 17.6. The van der Waals surface area contributed by atoms with E-state index in [1.165, 1.54) is 12.3 Å². The summed E-state index contributed by atoms with van der Waals surface area (Å²) in [6, 6.07) is 15.5. The van der Waals surface area contributed by atoms with E-state index in [9.17, 15) is 18.0 Å². The van der Waals surface area contributed by atoms with Gasteiger partial charge in [0.1, 0.15) is 23.7 Å². The first kappa shape index (κ1) is 22.4. The number of hydrogen-bond acceptors (Lipinski definition) is 4. The van der Waals surface area contributed by atoms with Crippen molar-refractivity contribution < 1.29 is 32.2 Å². The second-order valence-corrected chi connectivity index (χ2v) is 7.71. The summed E-state index contributed by atoms with van der Waals surface area (Å²) in [5.41, 5.74) is 2.97. The minimum absolute atomic E-state index is 0.0827. The van der Waals surface area contributed by atoms with Crippen molar-refractivity contribution in [2.24, 2.45) is 0 Å². The van der Waals surface area contributed by atoms with E-state index in [1.54, 1.807) is 43.3 Å². The molecule has 8 heteroatoms. The number of halogens is 3. The molecule has 0 fully saturated rings. The second-order valence-electron chi connectivity index (χ2n) is 7.71. The number of hydrogen-bond donors (Lipinski definition) is 1. The maximum atomic E-state index is 12.9. The molecule has 0 aliphatic carbocycles. The minimum atomic E-state index is -4.36. The number of aliphatic carboxylic acids is 1. The van der Waals surface area contributed by atoms with Crippen LogP contribution >= 0.6 is 0 Å². The summed E-state index contributed by atoms with van der Waals surface area (Å²) >= 11 is 0. The predicted molar refractivity (Wildman–Crippen MR) is 116 cm³/mol. The Hall–Kier alpha value is -3.81. The number of alkyl halides is 3. The number of fused-ring (bicyclic) bond motifs is 1. The Kier molecular flexibility index (Phi) is 6.09. The monoisotopic (exact) mass is 455 g/mol. The topological polar surface area (TPSA) is 72.6 Å². The van der Waals surface area contributed by atoms with Crippen molar-refractivity contribution in [2.45, 2.75) is 32.5 Å². The molecule has 0 saturated carbocycles. The Balaban J connectivity index is 1.69. The third-order valence-corrected chi connectivity index (χ3v) is 5.02. The summed E-state index contributed by atoms with van der Waals surface area (Å²) in [6.45, 7) is 1.94. The Labute approximate surface area is 187 Å². The van der Waals surface area contributed by atoms with Crippen LogP contribution < -0.4 is 4.74 Å². The Morgan fingerprint density at radius 2 is 1.91 bits per heavy atom. The summed E-state index contributed by atoms with van der Waals surface area (Å²) < 4.78 is 50.3. The molecule has 4 aromatic rings. The van der Waals surface area contributed by atoms with Crippen molar-refractivity contribution in [3.8, 4) is 16.9 Å². The lowest BCUT2D eigenvalue weighted by molar-refractivity contribution is -0.136. The number of benzene rings is 2. The SMILES string of the molecule is Cc1cc2cc(COc3ccccc3CC(=O)O)cc(-c3ccnc(CC(F)(F)F)c3)c2o1. The van der Waals surface area contributed by atoms with E-state index in [-0.39, 0.29) is 18.7 Å². The van der Waals surface area contributed by atoms with Gasteiger partial charge in [0.25, 0.3) is 0 Å². The third kappa shape index (κ3) is 5.52. The molecule has 0 saturated heterocycles. The Bertz CT molecular complexity index is 1310. The number of pyridine rings is 1. The van der Waals surface area contributed by atoms with Crippen LogP contribution in [0.3, 0.4) is 0 Å². The number of aromatic nitrogens is 1. The van der Waals surface area contributed by atoms with E-state index in [1.807, 2.05) is 12.1 Å². The van der Waals surface area contributed by atoms with Crippen LogP contribution in [0.25, 0.3) is 22.1 Å². The predicted octanol–water partition coefficient (Wildman–Crippen LogP) is 6.11. The van der Waals surface area contributed by atoms with Gasteiger partial charge in [-0.1, -0.05) is 18.2 Å². The van der Waals surface area contributed by atoms with E-state index in [0.717, 1.165) is 10.9 Å². The Morgan fingerprint density at radius 1 is 1.12 bits per heavy atom. The molecule has 33 heavy (non-hydrogen) atoms. The minimum Gasteiger partial charge on any atom is -0.489 e. The van der Waals surface area contributed by atoms with Crippen LogP contribution in [0.1, 0.15) is 22.6 Å². The first-order chi connectivity index (χ1) is 15.7. The van der Waals surface area contributed by atoms with Crippen LogP contribution in [0.5, 0.6) is 5.75 Å². The van der Waals surface area contributed by atoms with E-state index >= 15 is 0 Å². The molecule has 0 aliphatic heterocycles. The van der Waals surface area contributed by atoms with Gasteiger partial charge >= 0.3 is 12.1 Å². The molecule has 0 bridgehead atoms. The van der Waals surface area contributed by atoms with Crippen LogP contribution in [-0.2, 0) is 24.2 Å². The first-order valence-corrected chi connectivity index (χ1v) is 10.2. The second kappa shape index (κ2) is 8.97. The summed E-state index contributed by atoms with van der Waals surface area (Å²) in [4.78, 5) is 15.0. The molecule has 0 aliphatic rings. The number of nitrogens with zero attached hydrogens (tertiary/aromatic N) is 1. The molecule has 1 N–H and O–H groups in total. The number of furan rings is 1. The number of rotatable bonds is 7. The molecule has 0 unspecified atom stereocenters. The average Bonchev–Trinajstić information content (AvgIpc) is 3.11. The van der Waals surface area contributed by atoms with Crippen LogP contribution in [0, 0.1) is 6.92 Å². The van der Waals surface area contributed by atoms with Crippen LogP contribution in [0.4, 0.5) is 13.2 Å². The molecule has 4 rings (SSSR count). The molecule has 0 atom stereocenters. The highest BCUT2D eigenvalue weighted by Crippen LogP contribution is 2.34. The van der Waals surface area contributed by atoms with Crippen molar-refractivity contribution in [3.63, 3.8) is 0 Å². The van der Waals surface area contributed by atoms with E-state index in [0.29, 0.717) is 33.8 Å². The van der Waals surface area contributed by atoms with Gasteiger partial charge in [-0.3, -0.25) is 9.78 Å². The summed E-state index contributed by atoms with van der Waals surface area (Å²) in [5, 5.41) is 9.90. The quantitative estimate of drug-likeness (QED) is 0.364. The zero-order valence-corrected chi connectivity index (χ0v) is 17.6. The number of aryl methyl sites for hydroxylation is 1. The number of ether oxygens (including phenoxy) is 1. The van der Waals surface area contributed by atoms with Gasteiger partial charge in [0, 0.05) is 28.4 Å². The highest BCUT2D eigenvalue weighted by atomic mass is 19.4. The fourth-order valence-corrected chi connectivity index (χ4v) is 3.70. The van der Waals surface area contributed by atoms with E-state index < -0.39 is 18.6 Å². The van der Waals surface area contributed by atoms with Gasteiger partial charge in [-0.05, 0) is 54.4 Å². The number of carboxylic acids is 1. The molecule has 0 amide bonds. The van der Waals surface area contributed by atoms with Gasteiger partial charge in [-0.2, -0.15) is 13.2 Å². The maximum Gasteiger partial charge on any atom is 0.394 e. The van der Waals surface area contributed by atoms with Gasteiger partial charge in [0.2, 0.25) is 0 Å². The standard InChI is InChI=1S/C25H20F3NO4/c1-15-8-19-9-16(14-32-22-5-3-2-4-18(22)12-23(30)31)10-21(24(19)33-15)17-6-7-29-20(11-17)13-25(26,27)28/h2-11H,12-14H2,1H3,(H,30,31). The van der Waals surface area contributed by atoms with Gasteiger partial charge in [-0.15, -0.1) is 0 Å². The largest absolute Gasteiger partial charge is 0.489 e. The Morgan fingerprint density at radius 3 is 2.67 bits per heavy atom. The van der Waals surface area contributed by atoms with Gasteiger partial charge in [0.15, 0.2) is 0 Å². The van der Waals surface area contributed by atoms with Crippen LogP contribution in [-0.4, -0.2) is 22.2 Å². The molecule has 2 aromatic carbocycles. The average molecular weight is 455 g/mol. The van der Waals surface area contributed by atoms with Crippen molar-refractivity contribution in [1.82, 2.24) is 4.98 Å². The van der Waals surface area contributed by atoms with Crippen molar-refractivity contribution >= 4 is 16.9 Å². The van der Waals surface area contributed by atoms with Gasteiger partial charge in [0.05, 0.1) is 12.8 Å².